The molecule has 0 saturated carbocycles. The number of rotatable bonds is 5. The van der Waals surface area contributed by atoms with Gasteiger partial charge in [0.1, 0.15) is 0 Å². The van der Waals surface area contributed by atoms with E-state index in [1.165, 1.54) is 66.8 Å². The molecule has 0 amide bonds. The number of nitrogens with two attached hydrogens (primary N) is 1. The molecule has 0 radical (unpaired) electrons. The van der Waals surface area contributed by atoms with Crippen LogP contribution in [-0.2, 0) is 12.8 Å². The summed E-state index contributed by atoms with van der Waals surface area (Å²) in [5.74, 6) is 0. The zero-order valence-corrected chi connectivity index (χ0v) is 21.8. The van der Waals surface area contributed by atoms with Crippen molar-refractivity contribution in [2.24, 2.45) is 5.73 Å². The van der Waals surface area contributed by atoms with Gasteiger partial charge in [-0.2, -0.15) is 0 Å². The molecule has 0 unspecified atom stereocenters. The average molecular weight is 500 g/mol. The highest BCUT2D eigenvalue weighted by atomic mass is 14.5. The highest BCUT2D eigenvalue weighted by Gasteiger charge is 2.22. The Kier molecular flexibility index (Phi) is 5.83. The summed E-state index contributed by atoms with van der Waals surface area (Å²) < 4.78 is 0. The van der Waals surface area contributed by atoms with E-state index in [0.717, 1.165) is 18.4 Å². The molecule has 0 bridgehead atoms. The highest BCUT2D eigenvalue weighted by Crippen LogP contribution is 2.42. The first-order chi connectivity index (χ1) is 19.3. The van der Waals surface area contributed by atoms with Gasteiger partial charge >= 0.3 is 0 Å². The van der Waals surface area contributed by atoms with Crippen molar-refractivity contribution in [1.29, 1.82) is 0 Å². The third-order valence-electron chi connectivity index (χ3n) is 8.08. The predicted molar refractivity (Wildman–Crippen MR) is 165 cm³/mol. The molecule has 0 atom stereocenters. The molecule has 2 N–H and O–H groups in total. The van der Waals surface area contributed by atoms with Gasteiger partial charge in [0, 0.05) is 0 Å². The van der Waals surface area contributed by atoms with Crippen molar-refractivity contribution >= 4 is 11.6 Å². The Balaban J connectivity index is 1.19. The van der Waals surface area contributed by atoms with E-state index in [1.54, 1.807) is 6.20 Å². The Labute approximate surface area is 230 Å². The van der Waals surface area contributed by atoms with Gasteiger partial charge in [0.2, 0.25) is 0 Å². The lowest BCUT2D eigenvalue weighted by Crippen LogP contribution is -1.91. The van der Waals surface area contributed by atoms with E-state index in [1.807, 2.05) is 6.08 Å². The maximum Gasteiger partial charge on any atom is -0.000729 e. The van der Waals surface area contributed by atoms with E-state index in [4.69, 9.17) is 5.73 Å². The quantitative estimate of drug-likeness (QED) is 0.235. The summed E-state index contributed by atoms with van der Waals surface area (Å²) in [4.78, 5) is 0. The van der Waals surface area contributed by atoms with Crippen LogP contribution in [0.5, 0.6) is 0 Å². The number of fused-ring (bicyclic) bond motifs is 6. The lowest BCUT2D eigenvalue weighted by Gasteiger charge is -2.10. The minimum atomic E-state index is 0.958. The van der Waals surface area contributed by atoms with Gasteiger partial charge in [-0.3, -0.25) is 0 Å². The number of hydrogen-bond donors (Lipinski definition) is 1. The van der Waals surface area contributed by atoms with Crippen LogP contribution >= 0.6 is 0 Å². The minimum Gasteiger partial charge on any atom is -0.405 e. The van der Waals surface area contributed by atoms with Crippen LogP contribution in [0, 0.1) is 0 Å². The van der Waals surface area contributed by atoms with Gasteiger partial charge in [0.15, 0.2) is 0 Å². The van der Waals surface area contributed by atoms with Gasteiger partial charge in [-0.25, -0.2) is 0 Å². The first-order valence-corrected chi connectivity index (χ1v) is 13.6. The van der Waals surface area contributed by atoms with Gasteiger partial charge in [0.25, 0.3) is 0 Å². The minimum absolute atomic E-state index is 0.958. The van der Waals surface area contributed by atoms with Crippen LogP contribution < -0.4 is 5.73 Å². The molecule has 5 aromatic rings. The molecule has 1 nitrogen and oxygen atoms in total. The molecular formula is C38H29N. The molecule has 1 heteroatoms. The van der Waals surface area contributed by atoms with Crippen LogP contribution in [0.3, 0.4) is 0 Å². The van der Waals surface area contributed by atoms with Crippen molar-refractivity contribution in [2.45, 2.75) is 12.8 Å². The van der Waals surface area contributed by atoms with E-state index >= 15 is 0 Å². The normalized spacial score (nSPS) is 13.5. The number of benzene rings is 5. The molecule has 39 heavy (non-hydrogen) atoms. The summed E-state index contributed by atoms with van der Waals surface area (Å²) in [6, 6.07) is 39.7. The Morgan fingerprint density at radius 1 is 0.564 bits per heavy atom. The zero-order valence-electron chi connectivity index (χ0n) is 21.8. The second kappa shape index (κ2) is 9.78. The summed E-state index contributed by atoms with van der Waals surface area (Å²) in [5, 5.41) is 0. The Morgan fingerprint density at radius 3 is 1.87 bits per heavy atom. The standard InChI is InChI=1S/C38H29N/c39-23-7-10-27(31-13-5-15-35-33-11-3-1-8-29(33)24-37(31)35)20-17-26-18-21-28(22-19-26)32-14-6-16-36-34-12-4-2-9-30(34)25-38(32)36/h1-23H,24-25,39H2/b20-17-,23-7+,27-10+. The van der Waals surface area contributed by atoms with Crippen molar-refractivity contribution in [3.05, 3.63) is 167 Å². The molecule has 0 aromatic heterocycles. The Bertz CT molecular complexity index is 1800. The topological polar surface area (TPSA) is 26.0 Å². The lowest BCUT2D eigenvalue weighted by atomic mass is 9.94. The fourth-order valence-corrected chi connectivity index (χ4v) is 6.21. The maximum atomic E-state index is 5.73. The van der Waals surface area contributed by atoms with E-state index in [0.29, 0.717) is 0 Å². The SMILES string of the molecule is N/C=C/C=C(\C=C/c1ccc(-c2cccc3c2Cc2ccccc2-3)cc1)c1cccc2c1Cc1ccccc1-2. The van der Waals surface area contributed by atoms with Crippen LogP contribution in [0.1, 0.15) is 33.4 Å². The van der Waals surface area contributed by atoms with Gasteiger partial charge in [0.05, 0.1) is 0 Å². The fraction of sp³-hybridized carbons (Fsp3) is 0.0526. The maximum absolute atomic E-state index is 5.73. The zero-order chi connectivity index (χ0) is 26.2. The number of hydrogen-bond acceptors (Lipinski definition) is 1. The van der Waals surface area contributed by atoms with Crippen LogP contribution in [0.15, 0.2) is 134 Å². The predicted octanol–water partition coefficient (Wildman–Crippen LogP) is 9.07. The molecule has 0 heterocycles. The second-order valence-corrected chi connectivity index (χ2v) is 10.3. The molecule has 0 fully saturated rings. The summed E-state index contributed by atoms with van der Waals surface area (Å²) in [6.45, 7) is 0. The largest absolute Gasteiger partial charge is 0.405 e. The molecular weight excluding hydrogens is 470 g/mol. The van der Waals surface area contributed by atoms with Crippen molar-refractivity contribution in [1.82, 2.24) is 0 Å². The molecule has 2 aliphatic carbocycles. The van der Waals surface area contributed by atoms with E-state index in [9.17, 15) is 0 Å². The van der Waals surface area contributed by atoms with Crippen molar-refractivity contribution in [3.8, 4) is 33.4 Å². The average Bonchev–Trinajstić information content (AvgIpc) is 3.56. The third kappa shape index (κ3) is 4.13. The highest BCUT2D eigenvalue weighted by molar-refractivity contribution is 5.89. The van der Waals surface area contributed by atoms with E-state index in [2.05, 4.69) is 127 Å². The second-order valence-electron chi connectivity index (χ2n) is 10.3. The monoisotopic (exact) mass is 499 g/mol. The van der Waals surface area contributed by atoms with Crippen LogP contribution in [0.25, 0.3) is 45.0 Å². The molecule has 186 valence electrons. The molecule has 0 saturated heterocycles. The van der Waals surface area contributed by atoms with Crippen molar-refractivity contribution in [2.75, 3.05) is 0 Å². The molecule has 0 spiro atoms. The summed E-state index contributed by atoms with van der Waals surface area (Å²) in [7, 11) is 0. The lowest BCUT2D eigenvalue weighted by molar-refractivity contribution is 1.25. The van der Waals surface area contributed by atoms with Gasteiger partial charge in [-0.05, 0) is 97.5 Å². The molecule has 7 rings (SSSR count). The van der Waals surface area contributed by atoms with E-state index < -0.39 is 0 Å². The summed E-state index contributed by atoms with van der Waals surface area (Å²) in [6.07, 6.45) is 12.0. The summed E-state index contributed by atoms with van der Waals surface area (Å²) >= 11 is 0. The van der Waals surface area contributed by atoms with Crippen molar-refractivity contribution in [3.63, 3.8) is 0 Å². The van der Waals surface area contributed by atoms with Crippen LogP contribution in [0.2, 0.25) is 0 Å². The van der Waals surface area contributed by atoms with Gasteiger partial charge < -0.3 is 5.73 Å². The van der Waals surface area contributed by atoms with E-state index in [-0.39, 0.29) is 0 Å². The van der Waals surface area contributed by atoms with Crippen molar-refractivity contribution < 1.29 is 0 Å². The smallest absolute Gasteiger partial charge is 0.000729 e. The first kappa shape index (κ1) is 23.3. The molecule has 2 aliphatic rings. The fourth-order valence-electron chi connectivity index (χ4n) is 6.21. The van der Waals surface area contributed by atoms with Crippen LogP contribution in [-0.4, -0.2) is 0 Å². The van der Waals surface area contributed by atoms with Crippen LogP contribution in [0.4, 0.5) is 0 Å². The van der Waals surface area contributed by atoms with Gasteiger partial charge in [-0.15, -0.1) is 0 Å². The van der Waals surface area contributed by atoms with Gasteiger partial charge in [-0.1, -0.05) is 127 Å². The molecule has 0 aliphatic heterocycles. The summed E-state index contributed by atoms with van der Waals surface area (Å²) in [5.41, 5.74) is 23.0. The third-order valence-corrected chi connectivity index (χ3v) is 8.08. The Hall–Kier alpha value is -4.88. The first-order valence-electron chi connectivity index (χ1n) is 13.6. The Morgan fingerprint density at radius 2 is 1.15 bits per heavy atom. The number of allylic oxidation sites excluding steroid dienone is 4. The molecule has 5 aromatic carbocycles.